The minimum Gasteiger partial charge on any atom is -0.493 e. The van der Waals surface area contributed by atoms with Gasteiger partial charge in [0.1, 0.15) is 5.75 Å². The predicted molar refractivity (Wildman–Crippen MR) is 74.4 cm³/mol. The number of halogens is 2. The Morgan fingerprint density at radius 3 is 2.65 bits per heavy atom. The van der Waals surface area contributed by atoms with E-state index in [1.165, 1.54) is 17.7 Å². The summed E-state index contributed by atoms with van der Waals surface area (Å²) in [5, 5.41) is 3.30. The van der Waals surface area contributed by atoms with E-state index in [-0.39, 0.29) is 5.56 Å². The van der Waals surface area contributed by atoms with Crippen LogP contribution >= 0.6 is 0 Å². The molecule has 2 aromatic rings. The summed E-state index contributed by atoms with van der Waals surface area (Å²) < 4.78 is 30.4. The average molecular weight is 275 g/mol. The van der Waals surface area contributed by atoms with Crippen LogP contribution in [0.3, 0.4) is 0 Å². The molecule has 0 radical (unpaired) electrons. The first kappa shape index (κ1) is 12.9. The molecule has 0 fully saturated rings. The third kappa shape index (κ3) is 2.74. The van der Waals surface area contributed by atoms with Gasteiger partial charge < -0.3 is 10.1 Å². The highest BCUT2D eigenvalue weighted by Crippen LogP contribution is 2.28. The molecule has 0 spiro atoms. The van der Waals surface area contributed by atoms with E-state index in [4.69, 9.17) is 4.74 Å². The van der Waals surface area contributed by atoms with E-state index in [2.05, 4.69) is 11.4 Å². The van der Waals surface area contributed by atoms with Crippen LogP contribution in [0.15, 0.2) is 42.5 Å². The average Bonchev–Trinajstić information content (AvgIpc) is 2.93. The highest BCUT2D eigenvalue weighted by molar-refractivity contribution is 5.52. The van der Waals surface area contributed by atoms with Gasteiger partial charge in [-0.2, -0.15) is 0 Å². The Kier molecular flexibility index (Phi) is 3.54. The molecule has 0 amide bonds. The van der Waals surface area contributed by atoms with Crippen molar-refractivity contribution in [2.75, 3.05) is 11.9 Å². The third-order valence-corrected chi connectivity index (χ3v) is 3.42. The van der Waals surface area contributed by atoms with Crippen molar-refractivity contribution in [3.8, 4) is 5.75 Å². The first-order valence-corrected chi connectivity index (χ1v) is 6.59. The van der Waals surface area contributed by atoms with E-state index < -0.39 is 6.43 Å². The van der Waals surface area contributed by atoms with Gasteiger partial charge in [0, 0.05) is 24.2 Å². The van der Waals surface area contributed by atoms with Gasteiger partial charge in [-0.15, -0.1) is 0 Å². The summed E-state index contributed by atoms with van der Waals surface area (Å²) in [6.45, 7) is 1.36. The molecule has 0 aromatic heterocycles. The lowest BCUT2D eigenvalue weighted by Crippen LogP contribution is -1.99. The van der Waals surface area contributed by atoms with Crippen LogP contribution in [-0.4, -0.2) is 6.61 Å². The summed E-state index contributed by atoms with van der Waals surface area (Å²) in [5.41, 5.74) is 3.27. The van der Waals surface area contributed by atoms with Gasteiger partial charge in [0.15, 0.2) is 0 Å². The summed E-state index contributed by atoms with van der Waals surface area (Å²) in [6.07, 6.45) is -1.47. The van der Waals surface area contributed by atoms with Gasteiger partial charge in [-0.3, -0.25) is 0 Å². The first-order chi connectivity index (χ1) is 9.72. The highest BCUT2D eigenvalue weighted by atomic mass is 19.3. The molecule has 104 valence electrons. The molecular weight excluding hydrogens is 260 g/mol. The molecule has 2 aromatic carbocycles. The van der Waals surface area contributed by atoms with Crippen LogP contribution in [-0.2, 0) is 13.0 Å². The second-order valence-corrected chi connectivity index (χ2v) is 4.82. The molecule has 1 N–H and O–H groups in total. The number of rotatable bonds is 4. The predicted octanol–water partition coefficient (Wildman–Crippen LogP) is 4.17. The Balaban J connectivity index is 1.64. The molecule has 0 saturated carbocycles. The second-order valence-electron chi connectivity index (χ2n) is 4.82. The van der Waals surface area contributed by atoms with Crippen molar-refractivity contribution in [2.45, 2.75) is 19.4 Å². The maximum atomic E-state index is 12.4. The van der Waals surface area contributed by atoms with Crippen molar-refractivity contribution < 1.29 is 13.5 Å². The zero-order valence-corrected chi connectivity index (χ0v) is 10.9. The molecule has 2 nitrogen and oxygen atoms in total. The second kappa shape index (κ2) is 5.49. The minimum atomic E-state index is -2.41. The lowest BCUT2D eigenvalue weighted by Gasteiger charge is -2.09. The van der Waals surface area contributed by atoms with E-state index in [1.807, 2.05) is 12.1 Å². The number of fused-ring (bicyclic) bond motifs is 1. The van der Waals surface area contributed by atoms with Crippen LogP contribution in [0.4, 0.5) is 14.5 Å². The normalized spacial score (nSPS) is 13.2. The number of hydrogen-bond acceptors (Lipinski definition) is 2. The SMILES string of the molecule is FC(F)c1ccc(CNc2ccc3c(c2)CCO3)cc1. The lowest BCUT2D eigenvalue weighted by atomic mass is 10.1. The minimum absolute atomic E-state index is 0.0587. The van der Waals surface area contributed by atoms with E-state index in [0.29, 0.717) is 6.54 Å². The van der Waals surface area contributed by atoms with E-state index in [1.54, 1.807) is 12.1 Å². The smallest absolute Gasteiger partial charge is 0.263 e. The molecule has 3 rings (SSSR count). The van der Waals surface area contributed by atoms with Crippen molar-refractivity contribution >= 4 is 5.69 Å². The zero-order chi connectivity index (χ0) is 13.9. The van der Waals surface area contributed by atoms with E-state index in [0.717, 1.165) is 30.0 Å². The Hall–Kier alpha value is -2.10. The van der Waals surface area contributed by atoms with Gasteiger partial charge in [0.2, 0.25) is 0 Å². The van der Waals surface area contributed by atoms with Crippen LogP contribution in [0.2, 0.25) is 0 Å². The summed E-state index contributed by atoms with van der Waals surface area (Å²) in [6, 6.07) is 12.4. The van der Waals surface area contributed by atoms with Crippen molar-refractivity contribution in [2.24, 2.45) is 0 Å². The molecule has 0 saturated heterocycles. The van der Waals surface area contributed by atoms with Gasteiger partial charge in [0.25, 0.3) is 6.43 Å². The van der Waals surface area contributed by atoms with Crippen LogP contribution in [0, 0.1) is 0 Å². The Morgan fingerprint density at radius 1 is 1.10 bits per heavy atom. The van der Waals surface area contributed by atoms with Crippen molar-refractivity contribution in [3.63, 3.8) is 0 Å². The monoisotopic (exact) mass is 275 g/mol. The fraction of sp³-hybridized carbons (Fsp3) is 0.250. The molecule has 4 heteroatoms. The molecule has 1 heterocycles. The Labute approximate surface area is 116 Å². The summed E-state index contributed by atoms with van der Waals surface area (Å²) in [5.74, 6) is 0.955. The quantitative estimate of drug-likeness (QED) is 0.904. The van der Waals surface area contributed by atoms with Gasteiger partial charge in [-0.1, -0.05) is 24.3 Å². The number of anilines is 1. The summed E-state index contributed by atoms with van der Waals surface area (Å²) in [4.78, 5) is 0. The Bertz CT molecular complexity index is 596. The van der Waals surface area contributed by atoms with Crippen molar-refractivity contribution in [1.29, 1.82) is 0 Å². The van der Waals surface area contributed by atoms with Crippen molar-refractivity contribution in [3.05, 3.63) is 59.2 Å². The van der Waals surface area contributed by atoms with Crippen molar-refractivity contribution in [1.82, 2.24) is 0 Å². The van der Waals surface area contributed by atoms with Gasteiger partial charge in [-0.05, 0) is 29.3 Å². The molecule has 0 bridgehead atoms. The molecule has 1 aliphatic rings. The summed E-state index contributed by atoms with van der Waals surface area (Å²) in [7, 11) is 0. The number of ether oxygens (including phenoxy) is 1. The summed E-state index contributed by atoms with van der Waals surface area (Å²) >= 11 is 0. The van der Waals surface area contributed by atoms with Crippen LogP contribution < -0.4 is 10.1 Å². The lowest BCUT2D eigenvalue weighted by molar-refractivity contribution is 0.151. The highest BCUT2D eigenvalue weighted by Gasteiger charge is 2.11. The molecule has 0 atom stereocenters. The van der Waals surface area contributed by atoms with Crippen LogP contribution in [0.25, 0.3) is 0 Å². The van der Waals surface area contributed by atoms with Crippen LogP contribution in [0.1, 0.15) is 23.1 Å². The number of nitrogens with one attached hydrogen (secondary N) is 1. The molecule has 1 aliphatic heterocycles. The van der Waals surface area contributed by atoms with E-state index in [9.17, 15) is 8.78 Å². The maximum absolute atomic E-state index is 12.4. The first-order valence-electron chi connectivity index (χ1n) is 6.59. The fourth-order valence-corrected chi connectivity index (χ4v) is 2.28. The zero-order valence-electron chi connectivity index (χ0n) is 10.9. The van der Waals surface area contributed by atoms with Gasteiger partial charge in [0.05, 0.1) is 6.61 Å². The van der Waals surface area contributed by atoms with Crippen LogP contribution in [0.5, 0.6) is 5.75 Å². The standard InChI is InChI=1S/C16H15F2NO/c17-16(18)12-3-1-11(2-4-12)10-19-14-5-6-15-13(9-14)7-8-20-15/h1-6,9,16,19H,7-8,10H2. The number of hydrogen-bond donors (Lipinski definition) is 1. The molecular formula is C16H15F2NO. The van der Waals surface area contributed by atoms with E-state index >= 15 is 0 Å². The number of alkyl halides is 2. The number of benzene rings is 2. The maximum Gasteiger partial charge on any atom is 0.263 e. The van der Waals surface area contributed by atoms with Gasteiger partial charge >= 0.3 is 0 Å². The largest absolute Gasteiger partial charge is 0.493 e. The fourth-order valence-electron chi connectivity index (χ4n) is 2.28. The molecule has 20 heavy (non-hydrogen) atoms. The molecule has 0 unspecified atom stereocenters. The van der Waals surface area contributed by atoms with Gasteiger partial charge in [-0.25, -0.2) is 8.78 Å². The molecule has 0 aliphatic carbocycles. The third-order valence-electron chi connectivity index (χ3n) is 3.42. The topological polar surface area (TPSA) is 21.3 Å². The Morgan fingerprint density at radius 2 is 1.90 bits per heavy atom.